The Kier molecular flexibility index (Phi) is 5.35. The van der Waals surface area contributed by atoms with Gasteiger partial charge in [0.1, 0.15) is 11.6 Å². The lowest BCUT2D eigenvalue weighted by molar-refractivity contribution is -0.173. The predicted octanol–water partition coefficient (Wildman–Crippen LogP) is 4.11. The fourth-order valence-electron chi connectivity index (χ4n) is 7.13. The van der Waals surface area contributed by atoms with Gasteiger partial charge in [0.2, 0.25) is 11.8 Å². The fourth-order valence-corrected chi connectivity index (χ4v) is 7.30. The summed E-state index contributed by atoms with van der Waals surface area (Å²) >= 11 is 5.98. The highest BCUT2D eigenvalue weighted by Gasteiger charge is 2.68. The summed E-state index contributed by atoms with van der Waals surface area (Å²) in [5, 5.41) is 21.2. The number of rotatable bonds is 2. The Hall–Kier alpha value is -3.56. The molecule has 4 amide bonds. The van der Waals surface area contributed by atoms with Gasteiger partial charge in [-0.1, -0.05) is 41.4 Å². The number of fused-ring (bicyclic) bond motifs is 4. The molecule has 4 aliphatic rings. The Morgan fingerprint density at radius 2 is 1.79 bits per heavy atom. The van der Waals surface area contributed by atoms with Crippen LogP contribution in [0.25, 0.3) is 0 Å². The van der Waals surface area contributed by atoms with Crippen molar-refractivity contribution >= 4 is 40.9 Å². The number of halogens is 2. The fraction of sp³-hybridized carbons (Fsp3) is 0.357. The van der Waals surface area contributed by atoms with Crippen molar-refractivity contribution in [3.63, 3.8) is 0 Å². The average Bonchev–Trinajstić information content (AvgIpc) is 3.23. The molecule has 196 valence electrons. The molecule has 2 aliphatic heterocycles. The molecule has 10 heteroatoms. The molecule has 2 saturated heterocycles. The normalized spacial score (nSPS) is 32.3. The largest absolute Gasteiger partial charge is 0.507 e. The average molecular weight is 539 g/mol. The van der Waals surface area contributed by atoms with Gasteiger partial charge < -0.3 is 5.11 Å². The van der Waals surface area contributed by atoms with E-state index in [2.05, 4.69) is 0 Å². The first-order valence-corrected chi connectivity index (χ1v) is 12.7. The molecule has 2 aromatic rings. The first kappa shape index (κ1) is 24.8. The van der Waals surface area contributed by atoms with Gasteiger partial charge in [-0.3, -0.25) is 24.4 Å². The molecule has 0 spiro atoms. The van der Waals surface area contributed by atoms with Crippen molar-refractivity contribution in [1.82, 2.24) is 5.06 Å². The van der Waals surface area contributed by atoms with E-state index in [1.807, 2.05) is 6.08 Å². The number of amides is 4. The number of carbonyl (C=O) groups excluding carboxylic acids is 4. The molecule has 0 radical (unpaired) electrons. The zero-order valence-corrected chi connectivity index (χ0v) is 21.3. The zero-order valence-electron chi connectivity index (χ0n) is 20.5. The summed E-state index contributed by atoms with van der Waals surface area (Å²) < 4.78 is 13.9. The lowest BCUT2D eigenvalue weighted by atomic mass is 9.51. The van der Waals surface area contributed by atoms with Crippen LogP contribution >= 0.6 is 11.6 Å². The summed E-state index contributed by atoms with van der Waals surface area (Å²) in [6.07, 6.45) is 2.09. The highest BCUT2D eigenvalue weighted by Crippen LogP contribution is 2.64. The maximum Gasteiger partial charge on any atom is 0.257 e. The number of hydrogen-bond donors (Lipinski definition) is 2. The minimum atomic E-state index is -1.36. The van der Waals surface area contributed by atoms with Crippen LogP contribution in [0.15, 0.2) is 48.0 Å². The number of carbonyl (C=O) groups is 4. The smallest absolute Gasteiger partial charge is 0.257 e. The molecule has 6 atom stereocenters. The van der Waals surface area contributed by atoms with Crippen LogP contribution in [0.5, 0.6) is 5.75 Å². The van der Waals surface area contributed by atoms with Crippen molar-refractivity contribution in [2.45, 2.75) is 32.6 Å². The molecule has 3 fully saturated rings. The van der Waals surface area contributed by atoms with Crippen molar-refractivity contribution in [3.8, 4) is 5.75 Å². The zero-order chi connectivity index (χ0) is 27.3. The number of imide groups is 2. The number of phenolic OH excluding ortho intramolecular Hbond substituents is 1. The SMILES string of the molecule is Cc1cccc(C2C3=CCC4C(=O)N(O)C(=O)C4C3CC3C(=O)N(c4ccc(F)c(Cl)c4)C(=O)C32C)c1O. The van der Waals surface area contributed by atoms with Crippen LogP contribution in [0.4, 0.5) is 10.1 Å². The number of benzene rings is 2. The number of aryl methyl sites for hydroxylation is 1. The topological polar surface area (TPSA) is 115 Å². The van der Waals surface area contributed by atoms with Crippen LogP contribution in [-0.4, -0.2) is 39.0 Å². The van der Waals surface area contributed by atoms with Crippen LogP contribution in [0.3, 0.4) is 0 Å². The summed E-state index contributed by atoms with van der Waals surface area (Å²) in [5.74, 6) is -7.17. The van der Waals surface area contributed by atoms with Crippen LogP contribution in [0.2, 0.25) is 5.02 Å². The van der Waals surface area contributed by atoms with Crippen LogP contribution < -0.4 is 4.90 Å². The summed E-state index contributed by atoms with van der Waals surface area (Å²) in [6.45, 7) is 3.40. The van der Waals surface area contributed by atoms with E-state index in [1.54, 1.807) is 32.0 Å². The second-order valence-electron chi connectivity index (χ2n) is 10.8. The highest BCUT2D eigenvalue weighted by atomic mass is 35.5. The third-order valence-electron chi connectivity index (χ3n) is 8.99. The lowest BCUT2D eigenvalue weighted by Gasteiger charge is -2.49. The van der Waals surface area contributed by atoms with Crippen molar-refractivity contribution in [3.05, 3.63) is 70.0 Å². The monoisotopic (exact) mass is 538 g/mol. The molecule has 0 aromatic heterocycles. The molecule has 2 aromatic carbocycles. The Morgan fingerprint density at radius 3 is 2.50 bits per heavy atom. The lowest BCUT2D eigenvalue weighted by Crippen LogP contribution is -2.48. The minimum absolute atomic E-state index is 0.0257. The van der Waals surface area contributed by atoms with Crippen molar-refractivity contribution in [2.24, 2.45) is 29.1 Å². The number of para-hydroxylation sites is 1. The van der Waals surface area contributed by atoms with E-state index in [-0.39, 0.29) is 34.4 Å². The molecule has 0 bridgehead atoms. The maximum atomic E-state index is 14.2. The van der Waals surface area contributed by atoms with E-state index in [0.717, 1.165) is 11.0 Å². The molecular weight excluding hydrogens is 515 g/mol. The Balaban J connectivity index is 1.56. The first-order chi connectivity index (χ1) is 18.0. The van der Waals surface area contributed by atoms with Gasteiger partial charge in [-0.15, -0.1) is 0 Å². The molecule has 38 heavy (non-hydrogen) atoms. The summed E-state index contributed by atoms with van der Waals surface area (Å²) in [7, 11) is 0. The number of nitrogens with zero attached hydrogens (tertiary/aromatic N) is 2. The van der Waals surface area contributed by atoms with Gasteiger partial charge in [-0.25, -0.2) is 9.29 Å². The van der Waals surface area contributed by atoms with Gasteiger partial charge in [-0.05, 0) is 56.4 Å². The number of hydroxylamine groups is 2. The van der Waals surface area contributed by atoms with E-state index < -0.39 is 64.5 Å². The molecule has 2 N–H and O–H groups in total. The maximum absolute atomic E-state index is 14.2. The minimum Gasteiger partial charge on any atom is -0.507 e. The molecule has 8 nitrogen and oxygen atoms in total. The van der Waals surface area contributed by atoms with Gasteiger partial charge >= 0.3 is 0 Å². The number of allylic oxidation sites excluding steroid dienone is 2. The number of anilines is 1. The standard InChI is InChI=1S/C28H24ClFN2O6/c1-12-4-3-5-16(23(12)33)22-14-7-8-15-21(26(36)32(38)24(15)34)17(14)11-18-25(35)31(27(37)28(18,22)2)13-6-9-20(30)19(29)10-13/h3-7,9-10,15,17-18,21-22,33,38H,8,11H2,1-2H3. The second kappa shape index (κ2) is 8.22. The van der Waals surface area contributed by atoms with Gasteiger partial charge in [-0.2, -0.15) is 5.06 Å². The van der Waals surface area contributed by atoms with Crippen molar-refractivity contribution < 1.29 is 33.9 Å². The molecule has 1 saturated carbocycles. The third-order valence-corrected chi connectivity index (χ3v) is 9.28. The van der Waals surface area contributed by atoms with Gasteiger partial charge in [0.15, 0.2) is 0 Å². The second-order valence-corrected chi connectivity index (χ2v) is 11.2. The summed E-state index contributed by atoms with van der Waals surface area (Å²) in [6, 6.07) is 8.77. The first-order valence-electron chi connectivity index (χ1n) is 12.4. The highest BCUT2D eigenvalue weighted by molar-refractivity contribution is 6.31. The molecule has 2 heterocycles. The summed E-state index contributed by atoms with van der Waals surface area (Å²) in [5.41, 5.74) is 0.458. The molecular formula is C28H24ClFN2O6. The number of aromatic hydroxyl groups is 1. The predicted molar refractivity (Wildman–Crippen MR) is 133 cm³/mol. The molecule has 6 rings (SSSR count). The molecule has 6 unspecified atom stereocenters. The van der Waals surface area contributed by atoms with E-state index in [4.69, 9.17) is 11.6 Å². The van der Waals surface area contributed by atoms with Gasteiger partial charge in [0, 0.05) is 11.5 Å². The van der Waals surface area contributed by atoms with Crippen molar-refractivity contribution in [1.29, 1.82) is 0 Å². The number of phenols is 1. The summed E-state index contributed by atoms with van der Waals surface area (Å²) in [4.78, 5) is 54.7. The van der Waals surface area contributed by atoms with E-state index in [9.17, 15) is 33.9 Å². The third kappa shape index (κ3) is 3.06. The Morgan fingerprint density at radius 1 is 1.05 bits per heavy atom. The van der Waals surface area contributed by atoms with Crippen LogP contribution in [0.1, 0.15) is 36.8 Å². The molecule has 2 aliphatic carbocycles. The van der Waals surface area contributed by atoms with E-state index in [1.165, 1.54) is 12.1 Å². The quantitative estimate of drug-likeness (QED) is 0.338. The Labute approximate surface area is 222 Å². The van der Waals surface area contributed by atoms with Gasteiger partial charge in [0.25, 0.3) is 11.8 Å². The van der Waals surface area contributed by atoms with Crippen LogP contribution in [0, 0.1) is 41.8 Å². The van der Waals surface area contributed by atoms with Crippen LogP contribution in [-0.2, 0) is 19.2 Å². The van der Waals surface area contributed by atoms with E-state index >= 15 is 0 Å². The van der Waals surface area contributed by atoms with Gasteiger partial charge in [0.05, 0.1) is 33.9 Å². The van der Waals surface area contributed by atoms with Crippen molar-refractivity contribution in [2.75, 3.05) is 4.90 Å². The van der Waals surface area contributed by atoms with E-state index in [0.29, 0.717) is 16.7 Å². The number of hydrogen-bond acceptors (Lipinski definition) is 6. The Bertz CT molecular complexity index is 1490.